The van der Waals surface area contributed by atoms with Gasteiger partial charge in [-0.3, -0.25) is 4.79 Å². The van der Waals surface area contributed by atoms with E-state index in [9.17, 15) is 4.79 Å². The van der Waals surface area contributed by atoms with E-state index in [1.54, 1.807) is 0 Å². The molecular formula is C15H22N2O2. The summed E-state index contributed by atoms with van der Waals surface area (Å²) in [5.74, 6) is -0.978. The van der Waals surface area contributed by atoms with Gasteiger partial charge in [0.2, 0.25) is 0 Å². The van der Waals surface area contributed by atoms with Gasteiger partial charge in [-0.25, -0.2) is 0 Å². The van der Waals surface area contributed by atoms with Crippen molar-refractivity contribution in [3.63, 3.8) is 0 Å². The number of nitrogens with two attached hydrogens (primary N) is 1. The molecule has 1 aliphatic heterocycles. The Labute approximate surface area is 114 Å². The molecule has 0 radical (unpaired) electrons. The summed E-state index contributed by atoms with van der Waals surface area (Å²) in [5, 5.41) is 9.03. The molecule has 3 N–H and O–H groups in total. The molecule has 1 aromatic carbocycles. The first-order valence-corrected chi connectivity index (χ1v) is 6.85. The Kier molecular flexibility index (Phi) is 4.10. The Morgan fingerprint density at radius 2 is 1.84 bits per heavy atom. The molecule has 4 nitrogen and oxygen atoms in total. The molecule has 0 aromatic heterocycles. The summed E-state index contributed by atoms with van der Waals surface area (Å²) >= 11 is 0. The zero-order valence-electron chi connectivity index (χ0n) is 11.6. The maximum Gasteiger partial charge on any atom is 0.325 e. The molecule has 4 heteroatoms. The number of hydrogen-bond acceptors (Lipinski definition) is 3. The molecule has 0 aliphatic carbocycles. The van der Waals surface area contributed by atoms with Crippen molar-refractivity contribution >= 4 is 11.7 Å². The van der Waals surface area contributed by atoms with Gasteiger partial charge in [-0.15, -0.1) is 0 Å². The standard InChI is InChI=1S/C15H22N2O2/c1-10-9-13(17-6-4-3-5-7-17)11(2)8-12(10)14(16)15(18)19/h8-9,14H,3-7,16H2,1-2H3,(H,18,19)/t14-/m0/s1. The molecule has 1 heterocycles. The lowest BCUT2D eigenvalue weighted by Gasteiger charge is -2.31. The lowest BCUT2D eigenvalue weighted by molar-refractivity contribution is -0.138. The molecule has 0 bridgehead atoms. The number of aliphatic carboxylic acids is 1. The summed E-state index contributed by atoms with van der Waals surface area (Å²) < 4.78 is 0. The van der Waals surface area contributed by atoms with E-state index < -0.39 is 12.0 Å². The van der Waals surface area contributed by atoms with Crippen LogP contribution in [0.1, 0.15) is 42.0 Å². The number of benzene rings is 1. The highest BCUT2D eigenvalue weighted by Gasteiger charge is 2.20. The molecule has 1 aromatic rings. The second-order valence-electron chi connectivity index (χ2n) is 5.36. The number of carboxylic acids is 1. The summed E-state index contributed by atoms with van der Waals surface area (Å²) in [6.45, 7) is 6.14. The number of piperidine rings is 1. The van der Waals surface area contributed by atoms with Gasteiger partial charge in [-0.1, -0.05) is 6.07 Å². The van der Waals surface area contributed by atoms with Crippen LogP contribution in [0.2, 0.25) is 0 Å². The van der Waals surface area contributed by atoms with Gasteiger partial charge < -0.3 is 15.7 Å². The van der Waals surface area contributed by atoms with E-state index in [4.69, 9.17) is 10.8 Å². The average molecular weight is 262 g/mol. The highest BCUT2D eigenvalue weighted by Crippen LogP contribution is 2.29. The van der Waals surface area contributed by atoms with Crippen LogP contribution in [0, 0.1) is 13.8 Å². The predicted molar refractivity (Wildman–Crippen MR) is 76.5 cm³/mol. The van der Waals surface area contributed by atoms with Gasteiger partial charge in [-0.2, -0.15) is 0 Å². The van der Waals surface area contributed by atoms with Crippen LogP contribution in [0.15, 0.2) is 12.1 Å². The van der Waals surface area contributed by atoms with E-state index in [2.05, 4.69) is 11.0 Å². The molecule has 0 unspecified atom stereocenters. The number of rotatable bonds is 3. The van der Waals surface area contributed by atoms with Crippen LogP contribution < -0.4 is 10.6 Å². The first-order chi connectivity index (χ1) is 9.00. The van der Waals surface area contributed by atoms with Crippen molar-refractivity contribution < 1.29 is 9.90 Å². The Bertz CT molecular complexity index is 479. The fourth-order valence-corrected chi connectivity index (χ4v) is 2.77. The van der Waals surface area contributed by atoms with E-state index in [-0.39, 0.29) is 0 Å². The average Bonchev–Trinajstić information content (AvgIpc) is 2.41. The first-order valence-electron chi connectivity index (χ1n) is 6.85. The van der Waals surface area contributed by atoms with Gasteiger partial charge in [0.1, 0.15) is 6.04 Å². The molecule has 0 saturated carbocycles. The van der Waals surface area contributed by atoms with Crippen LogP contribution in [-0.2, 0) is 4.79 Å². The highest BCUT2D eigenvalue weighted by atomic mass is 16.4. The number of hydrogen-bond donors (Lipinski definition) is 2. The minimum absolute atomic E-state index is 0.714. The molecule has 0 amide bonds. The Hall–Kier alpha value is -1.55. The zero-order valence-corrected chi connectivity index (χ0v) is 11.6. The molecule has 19 heavy (non-hydrogen) atoms. The Morgan fingerprint density at radius 1 is 1.21 bits per heavy atom. The third-order valence-corrected chi connectivity index (χ3v) is 3.88. The molecule has 1 atom stereocenters. The van der Waals surface area contributed by atoms with Crippen LogP contribution in [0.25, 0.3) is 0 Å². The Morgan fingerprint density at radius 3 is 2.42 bits per heavy atom. The van der Waals surface area contributed by atoms with Gasteiger partial charge in [0.25, 0.3) is 0 Å². The van der Waals surface area contributed by atoms with Crippen LogP contribution in [0.3, 0.4) is 0 Å². The van der Waals surface area contributed by atoms with Gasteiger partial charge in [0.05, 0.1) is 0 Å². The summed E-state index contributed by atoms with van der Waals surface area (Å²) in [6, 6.07) is 3.07. The van der Waals surface area contributed by atoms with Gasteiger partial charge >= 0.3 is 5.97 Å². The quantitative estimate of drug-likeness (QED) is 0.877. The molecule has 2 rings (SSSR count). The molecule has 1 saturated heterocycles. The van der Waals surface area contributed by atoms with Crippen molar-refractivity contribution in [1.29, 1.82) is 0 Å². The van der Waals surface area contributed by atoms with Gasteiger partial charge in [0.15, 0.2) is 0 Å². The van der Waals surface area contributed by atoms with Crippen molar-refractivity contribution in [1.82, 2.24) is 0 Å². The normalized spacial score (nSPS) is 17.3. The van der Waals surface area contributed by atoms with Crippen LogP contribution in [-0.4, -0.2) is 24.2 Å². The number of anilines is 1. The lowest BCUT2D eigenvalue weighted by Crippen LogP contribution is -2.30. The molecule has 0 spiro atoms. The van der Waals surface area contributed by atoms with Gasteiger partial charge in [-0.05, 0) is 55.9 Å². The molecular weight excluding hydrogens is 240 g/mol. The monoisotopic (exact) mass is 262 g/mol. The van der Waals surface area contributed by atoms with Crippen molar-refractivity contribution in [2.24, 2.45) is 5.73 Å². The lowest BCUT2D eigenvalue weighted by atomic mass is 9.97. The zero-order chi connectivity index (χ0) is 14.0. The largest absolute Gasteiger partial charge is 0.480 e. The number of carbonyl (C=O) groups is 1. The Balaban J connectivity index is 2.33. The fourth-order valence-electron chi connectivity index (χ4n) is 2.77. The van der Waals surface area contributed by atoms with E-state index in [1.165, 1.54) is 24.9 Å². The highest BCUT2D eigenvalue weighted by molar-refractivity contribution is 5.76. The third kappa shape index (κ3) is 2.89. The predicted octanol–water partition coefficient (Wildman–Crippen LogP) is 2.38. The molecule has 1 fully saturated rings. The van der Waals surface area contributed by atoms with E-state index in [1.807, 2.05) is 19.9 Å². The van der Waals surface area contributed by atoms with Crippen LogP contribution >= 0.6 is 0 Å². The smallest absolute Gasteiger partial charge is 0.325 e. The fraction of sp³-hybridized carbons (Fsp3) is 0.533. The maximum atomic E-state index is 11.0. The van der Waals surface area contributed by atoms with E-state index in [0.717, 1.165) is 24.2 Å². The number of nitrogens with zero attached hydrogens (tertiary/aromatic N) is 1. The molecule has 104 valence electrons. The van der Waals surface area contributed by atoms with E-state index >= 15 is 0 Å². The number of aryl methyl sites for hydroxylation is 2. The van der Waals surface area contributed by atoms with Gasteiger partial charge in [0, 0.05) is 18.8 Å². The number of carboxylic acid groups (broad SMARTS) is 1. The summed E-state index contributed by atoms with van der Waals surface area (Å²) in [4.78, 5) is 13.4. The van der Waals surface area contributed by atoms with Crippen molar-refractivity contribution in [3.8, 4) is 0 Å². The second kappa shape index (κ2) is 5.61. The van der Waals surface area contributed by atoms with Crippen molar-refractivity contribution in [2.45, 2.75) is 39.2 Å². The maximum absolute atomic E-state index is 11.0. The van der Waals surface area contributed by atoms with Crippen LogP contribution in [0.5, 0.6) is 0 Å². The van der Waals surface area contributed by atoms with Crippen LogP contribution in [0.4, 0.5) is 5.69 Å². The minimum atomic E-state index is -0.978. The first kappa shape index (κ1) is 13.9. The summed E-state index contributed by atoms with van der Waals surface area (Å²) in [5.41, 5.74) is 9.73. The summed E-state index contributed by atoms with van der Waals surface area (Å²) in [7, 11) is 0. The topological polar surface area (TPSA) is 66.6 Å². The second-order valence-corrected chi connectivity index (χ2v) is 5.36. The van der Waals surface area contributed by atoms with E-state index in [0.29, 0.717) is 5.56 Å². The van der Waals surface area contributed by atoms with Crippen molar-refractivity contribution in [2.75, 3.05) is 18.0 Å². The van der Waals surface area contributed by atoms with Crippen molar-refractivity contribution in [3.05, 3.63) is 28.8 Å². The SMILES string of the molecule is Cc1cc(N2CCCCC2)c(C)cc1[C@H](N)C(=O)O. The molecule has 1 aliphatic rings. The minimum Gasteiger partial charge on any atom is -0.480 e. The summed E-state index contributed by atoms with van der Waals surface area (Å²) in [6.07, 6.45) is 3.76. The third-order valence-electron chi connectivity index (χ3n) is 3.88.